The number of nitrogens with zero attached hydrogens (tertiary/aromatic N) is 6. The summed E-state index contributed by atoms with van der Waals surface area (Å²) in [6.45, 7) is 9.86. The molecule has 2 aliphatic rings. The first kappa shape index (κ1) is 19.1. The number of hydrogen-bond donors (Lipinski definition) is 0. The Hall–Kier alpha value is -0.880. The smallest absolute Gasteiger partial charge is 0.0855 e. The van der Waals surface area contributed by atoms with Gasteiger partial charge in [-0.3, -0.25) is 9.98 Å². The van der Waals surface area contributed by atoms with Crippen molar-refractivity contribution >= 4 is 37.5 Å². The van der Waals surface area contributed by atoms with Gasteiger partial charge in [-0.1, -0.05) is 0 Å². The van der Waals surface area contributed by atoms with Gasteiger partial charge >= 0.3 is 0 Å². The lowest BCUT2D eigenvalue weighted by molar-refractivity contribution is 0.404. The zero-order chi connectivity index (χ0) is 12.8. The van der Waals surface area contributed by atoms with Gasteiger partial charge in [-0.2, -0.15) is 10.2 Å². The topological polar surface area (TPSA) is 55.9 Å². The predicted octanol–water partition coefficient (Wildman–Crippen LogP) is 1.75. The number of hydrogen-bond acceptors (Lipinski definition) is 6. The zero-order valence-corrected chi connectivity index (χ0v) is 13.7. The van der Waals surface area contributed by atoms with Crippen molar-refractivity contribution in [1.29, 1.82) is 0 Å². The average Bonchev–Trinajstić information content (AvgIpc) is 2.99. The Morgan fingerprint density at radius 3 is 1.60 bits per heavy atom. The maximum Gasteiger partial charge on any atom is 0.0855 e. The van der Waals surface area contributed by atoms with E-state index in [1.54, 1.807) is 0 Å². The quantitative estimate of drug-likeness (QED) is 0.699. The van der Waals surface area contributed by atoms with Crippen LogP contribution < -0.4 is 0 Å². The van der Waals surface area contributed by atoms with E-state index in [0.29, 0.717) is 0 Å². The maximum atomic E-state index is 4.38. The molecule has 0 aromatic rings. The van der Waals surface area contributed by atoms with Crippen LogP contribution in [0.2, 0.25) is 0 Å². The highest BCUT2D eigenvalue weighted by molar-refractivity contribution is 5.85. The van der Waals surface area contributed by atoms with Crippen molar-refractivity contribution in [2.75, 3.05) is 39.3 Å². The number of halogens is 2. The van der Waals surface area contributed by atoms with Crippen LogP contribution in [0.5, 0.6) is 0 Å². The van der Waals surface area contributed by atoms with Gasteiger partial charge in [0, 0.05) is 26.2 Å². The zero-order valence-electron chi connectivity index (χ0n) is 12.1. The summed E-state index contributed by atoms with van der Waals surface area (Å²) in [5, 5.41) is 8.76. The molecule has 0 aliphatic carbocycles. The second-order valence-corrected chi connectivity index (χ2v) is 4.96. The molecule has 0 saturated carbocycles. The van der Waals surface area contributed by atoms with Gasteiger partial charge < -0.3 is 9.80 Å². The summed E-state index contributed by atoms with van der Waals surface area (Å²) in [6.07, 6.45) is 3.83. The molecule has 2 rings (SSSR count). The van der Waals surface area contributed by atoms with Crippen LogP contribution in [0.25, 0.3) is 0 Å². The van der Waals surface area contributed by atoms with Crippen molar-refractivity contribution in [1.82, 2.24) is 9.80 Å². The molecule has 8 heteroatoms. The van der Waals surface area contributed by atoms with Crippen LogP contribution >= 0.6 is 24.8 Å². The van der Waals surface area contributed by atoms with E-state index < -0.39 is 0 Å². The van der Waals surface area contributed by atoms with Crippen molar-refractivity contribution in [3.05, 3.63) is 0 Å². The van der Waals surface area contributed by atoms with Crippen LogP contribution in [-0.4, -0.2) is 73.8 Å². The molecule has 0 aromatic heterocycles. The summed E-state index contributed by atoms with van der Waals surface area (Å²) < 4.78 is 0. The van der Waals surface area contributed by atoms with Crippen molar-refractivity contribution in [3.8, 4) is 0 Å². The van der Waals surface area contributed by atoms with Gasteiger partial charge in [0.2, 0.25) is 0 Å². The second-order valence-electron chi connectivity index (χ2n) is 4.96. The van der Waals surface area contributed by atoms with E-state index >= 15 is 0 Å². The molecule has 0 N–H and O–H groups in total. The first-order chi connectivity index (χ1) is 8.74. The minimum atomic E-state index is 0. The van der Waals surface area contributed by atoms with Crippen molar-refractivity contribution < 1.29 is 0 Å². The van der Waals surface area contributed by atoms with Crippen LogP contribution in [0.1, 0.15) is 13.8 Å². The molecule has 20 heavy (non-hydrogen) atoms. The molecule has 0 radical (unpaired) electrons. The van der Waals surface area contributed by atoms with Crippen LogP contribution in [-0.2, 0) is 0 Å². The molecule has 2 aliphatic heterocycles. The highest BCUT2D eigenvalue weighted by Gasteiger charge is 2.11. The van der Waals surface area contributed by atoms with E-state index in [4.69, 9.17) is 0 Å². The molecule has 6 nitrogen and oxygen atoms in total. The largest absolute Gasteiger partial charge is 0.359 e. The Balaban J connectivity index is 0.00000180. The Labute approximate surface area is 133 Å². The SMILES string of the molecule is CC(CN1C=NCC1)N=NC(C)CN1C=NCC1.Cl.Cl. The lowest BCUT2D eigenvalue weighted by atomic mass is 10.3. The molecular weight excluding hydrogens is 299 g/mol. The summed E-state index contributed by atoms with van der Waals surface area (Å²) in [6, 6.07) is 0.452. The van der Waals surface area contributed by atoms with E-state index in [-0.39, 0.29) is 36.9 Å². The van der Waals surface area contributed by atoms with E-state index in [9.17, 15) is 0 Å². The number of azo groups is 1. The molecule has 0 spiro atoms. The van der Waals surface area contributed by atoms with Gasteiger partial charge in [0.05, 0.1) is 37.9 Å². The molecule has 0 aromatic carbocycles. The molecule has 116 valence electrons. The van der Waals surface area contributed by atoms with E-state index in [1.807, 2.05) is 12.7 Å². The Morgan fingerprint density at radius 2 is 1.30 bits per heavy atom. The third-order valence-electron chi connectivity index (χ3n) is 2.98. The van der Waals surface area contributed by atoms with Gasteiger partial charge in [0.25, 0.3) is 0 Å². The van der Waals surface area contributed by atoms with Crippen molar-refractivity contribution in [2.24, 2.45) is 20.2 Å². The van der Waals surface area contributed by atoms with Crippen LogP contribution in [0.15, 0.2) is 20.2 Å². The van der Waals surface area contributed by atoms with E-state index in [1.165, 1.54) is 0 Å². The lowest BCUT2D eigenvalue weighted by Crippen LogP contribution is -2.29. The van der Waals surface area contributed by atoms with E-state index in [0.717, 1.165) is 39.3 Å². The fraction of sp³-hybridized carbons (Fsp3) is 0.833. The van der Waals surface area contributed by atoms with Gasteiger partial charge in [-0.05, 0) is 13.8 Å². The Bertz CT molecular complexity index is 315. The standard InChI is InChI=1S/C12H22N6.2ClH/c1-11(7-17-5-3-13-9-17)15-16-12(2)8-18-6-4-14-10-18;;/h9-12H,3-8H2,1-2H3;2*1H. The summed E-state index contributed by atoms with van der Waals surface area (Å²) in [7, 11) is 0. The van der Waals surface area contributed by atoms with Gasteiger partial charge in [0.1, 0.15) is 0 Å². The first-order valence-corrected chi connectivity index (χ1v) is 6.62. The molecule has 0 fully saturated rings. The average molecular weight is 323 g/mol. The lowest BCUT2D eigenvalue weighted by Gasteiger charge is -2.18. The fourth-order valence-electron chi connectivity index (χ4n) is 2.09. The Kier molecular flexibility index (Phi) is 9.50. The predicted molar refractivity (Wildman–Crippen MR) is 88.1 cm³/mol. The minimum absolute atomic E-state index is 0. The highest BCUT2D eigenvalue weighted by Crippen LogP contribution is 2.03. The molecule has 2 unspecified atom stereocenters. The maximum absolute atomic E-state index is 4.38. The van der Waals surface area contributed by atoms with Crippen LogP contribution in [0.4, 0.5) is 0 Å². The molecule has 0 saturated heterocycles. The summed E-state index contributed by atoms with van der Waals surface area (Å²) in [5.74, 6) is 0. The third-order valence-corrected chi connectivity index (χ3v) is 2.98. The summed E-state index contributed by atoms with van der Waals surface area (Å²) in [4.78, 5) is 12.8. The van der Waals surface area contributed by atoms with Gasteiger partial charge in [0.15, 0.2) is 0 Å². The van der Waals surface area contributed by atoms with Gasteiger partial charge in [-0.15, -0.1) is 24.8 Å². The molecule has 0 amide bonds. The first-order valence-electron chi connectivity index (χ1n) is 6.62. The van der Waals surface area contributed by atoms with Crippen molar-refractivity contribution in [2.45, 2.75) is 25.9 Å². The summed E-state index contributed by atoms with van der Waals surface area (Å²) >= 11 is 0. The van der Waals surface area contributed by atoms with Crippen molar-refractivity contribution in [3.63, 3.8) is 0 Å². The van der Waals surface area contributed by atoms with E-state index in [2.05, 4.69) is 43.9 Å². The molecule has 0 bridgehead atoms. The monoisotopic (exact) mass is 322 g/mol. The second kappa shape index (κ2) is 9.94. The third kappa shape index (κ3) is 6.52. The van der Waals surface area contributed by atoms with Crippen LogP contribution in [0.3, 0.4) is 0 Å². The fourth-order valence-corrected chi connectivity index (χ4v) is 2.09. The number of aliphatic imine (C=N–C) groups is 2. The minimum Gasteiger partial charge on any atom is -0.359 e. The summed E-state index contributed by atoms with van der Waals surface area (Å²) in [5.41, 5.74) is 0. The van der Waals surface area contributed by atoms with Crippen LogP contribution in [0, 0.1) is 0 Å². The Morgan fingerprint density at radius 1 is 0.900 bits per heavy atom. The molecule has 2 heterocycles. The highest BCUT2D eigenvalue weighted by atomic mass is 35.5. The van der Waals surface area contributed by atoms with Gasteiger partial charge in [-0.25, -0.2) is 0 Å². The molecular formula is C12H24Cl2N6. The molecule has 2 atom stereocenters. The normalized spacial score (nSPS) is 20.1. The number of rotatable bonds is 6.